The van der Waals surface area contributed by atoms with Gasteiger partial charge in [-0.25, -0.2) is 4.99 Å². The topological polar surface area (TPSA) is 129 Å². The molecular formula is C31H27F6N5O4. The van der Waals surface area contributed by atoms with E-state index < -0.39 is 53.1 Å². The summed E-state index contributed by atoms with van der Waals surface area (Å²) in [6, 6.07) is 13.7. The van der Waals surface area contributed by atoms with Crippen LogP contribution in [0.15, 0.2) is 89.5 Å². The van der Waals surface area contributed by atoms with Crippen LogP contribution in [0.2, 0.25) is 0 Å². The van der Waals surface area contributed by atoms with E-state index in [0.717, 1.165) is 0 Å². The number of alkyl halides is 6. The number of carbonyl (C=O) groups excluding carboxylic acids is 1. The lowest BCUT2D eigenvalue weighted by molar-refractivity contribution is -0.143. The van der Waals surface area contributed by atoms with Gasteiger partial charge in [0.1, 0.15) is 5.75 Å². The number of hydrogen-bond acceptors (Lipinski definition) is 6. The lowest BCUT2D eigenvalue weighted by Crippen LogP contribution is -2.47. The number of hydrogen-bond donors (Lipinski definition) is 2. The summed E-state index contributed by atoms with van der Waals surface area (Å²) in [5, 5.41) is 15.1. The molecule has 0 saturated carbocycles. The molecule has 0 bridgehead atoms. The van der Waals surface area contributed by atoms with Gasteiger partial charge >= 0.3 is 12.4 Å². The van der Waals surface area contributed by atoms with Gasteiger partial charge in [0, 0.05) is 47.7 Å². The molecule has 0 aromatic heterocycles. The largest absolute Gasteiger partial charge is 0.494 e. The van der Waals surface area contributed by atoms with Crippen molar-refractivity contribution in [1.82, 2.24) is 5.32 Å². The number of halogens is 6. The van der Waals surface area contributed by atoms with Crippen molar-refractivity contribution in [3.63, 3.8) is 0 Å². The molecule has 0 saturated heterocycles. The van der Waals surface area contributed by atoms with Gasteiger partial charge in [-0.3, -0.25) is 4.79 Å². The summed E-state index contributed by atoms with van der Waals surface area (Å²) in [5.74, 6) is -0.424. The molecule has 2 atom stereocenters. The summed E-state index contributed by atoms with van der Waals surface area (Å²) in [6.45, 7) is 3.22. The minimum Gasteiger partial charge on any atom is -0.494 e. The van der Waals surface area contributed by atoms with Gasteiger partial charge in [-0.15, -0.1) is 6.58 Å². The van der Waals surface area contributed by atoms with Gasteiger partial charge < -0.3 is 19.9 Å². The Labute approximate surface area is 258 Å². The molecule has 1 aliphatic heterocycles. The molecule has 15 heteroatoms. The Hall–Kier alpha value is -5.01. The first kappa shape index (κ1) is 33.9. The lowest BCUT2D eigenvalue weighted by Gasteiger charge is -2.30. The third-order valence-electron chi connectivity index (χ3n) is 6.96. The van der Waals surface area contributed by atoms with E-state index in [9.17, 15) is 31.1 Å². The van der Waals surface area contributed by atoms with Gasteiger partial charge in [0.05, 0.1) is 17.7 Å². The van der Waals surface area contributed by atoms with Gasteiger partial charge in [-0.2, -0.15) is 26.3 Å². The molecule has 3 aromatic rings. The fourth-order valence-electron chi connectivity index (χ4n) is 4.82. The van der Waals surface area contributed by atoms with Crippen LogP contribution in [-0.4, -0.2) is 35.7 Å². The standard InChI is InChI=1S/C31H27F6N5O4/c1-2-12-29(28(44)39-18-19-15-21(30(32,33)34)17-22(16-19)31(35,36)37)26(24-6-3-4-7-25(24)41-42-38)46-27(40-29)20-8-10-23(11-9-20)45-14-5-13-43/h2-4,6-11,15-17,26,43H,1,5,12-14,18H2,(H,39,44)/t26-,29-/m1/s1. The predicted octanol–water partition coefficient (Wildman–Crippen LogP) is 7.58. The predicted molar refractivity (Wildman–Crippen MR) is 155 cm³/mol. The summed E-state index contributed by atoms with van der Waals surface area (Å²) in [6.07, 6.45) is -9.80. The molecule has 242 valence electrons. The number of nitrogens with zero attached hydrogens (tertiary/aromatic N) is 4. The fraction of sp³-hybridized carbons (Fsp3) is 0.290. The van der Waals surface area contributed by atoms with Crippen molar-refractivity contribution >= 4 is 17.5 Å². The molecule has 0 spiro atoms. The maximum Gasteiger partial charge on any atom is 0.416 e. The van der Waals surface area contributed by atoms with E-state index in [-0.39, 0.29) is 42.8 Å². The van der Waals surface area contributed by atoms with E-state index in [1.165, 1.54) is 12.1 Å². The van der Waals surface area contributed by atoms with Crippen LogP contribution in [0.25, 0.3) is 10.4 Å². The smallest absolute Gasteiger partial charge is 0.416 e. The highest BCUT2D eigenvalue weighted by molar-refractivity contribution is 6.01. The van der Waals surface area contributed by atoms with Crippen LogP contribution in [0.1, 0.15) is 46.8 Å². The highest BCUT2D eigenvalue weighted by atomic mass is 19.4. The fourth-order valence-corrected chi connectivity index (χ4v) is 4.82. The maximum atomic E-state index is 14.0. The van der Waals surface area contributed by atoms with E-state index in [0.29, 0.717) is 29.9 Å². The quantitative estimate of drug-likeness (QED) is 0.0525. The van der Waals surface area contributed by atoms with E-state index >= 15 is 0 Å². The average molecular weight is 648 g/mol. The molecule has 0 radical (unpaired) electrons. The maximum absolute atomic E-state index is 14.0. The third kappa shape index (κ3) is 7.61. The Bertz CT molecular complexity index is 1620. The second kappa shape index (κ2) is 14.0. The van der Waals surface area contributed by atoms with Gasteiger partial charge in [0.15, 0.2) is 11.6 Å². The molecule has 0 fully saturated rings. The number of aliphatic hydroxyl groups excluding tert-OH is 1. The highest BCUT2D eigenvalue weighted by Gasteiger charge is 2.53. The van der Waals surface area contributed by atoms with Crippen LogP contribution in [0.4, 0.5) is 32.0 Å². The molecule has 0 unspecified atom stereocenters. The second-order valence-corrected chi connectivity index (χ2v) is 10.1. The summed E-state index contributed by atoms with van der Waals surface area (Å²) in [4.78, 5) is 21.4. The van der Waals surface area contributed by atoms with Crippen LogP contribution in [0.5, 0.6) is 5.75 Å². The molecule has 2 N–H and O–H groups in total. The summed E-state index contributed by atoms with van der Waals surface area (Å²) < 4.78 is 92.4. The lowest BCUT2D eigenvalue weighted by atomic mass is 9.83. The van der Waals surface area contributed by atoms with Crippen molar-refractivity contribution in [3.05, 3.63) is 118 Å². The zero-order chi connectivity index (χ0) is 33.5. The van der Waals surface area contributed by atoms with Crippen LogP contribution < -0.4 is 10.1 Å². The van der Waals surface area contributed by atoms with Crippen LogP contribution in [0.3, 0.4) is 0 Å². The minimum atomic E-state index is -5.07. The normalized spacial score (nSPS) is 17.8. The van der Waals surface area contributed by atoms with Crippen molar-refractivity contribution in [2.45, 2.75) is 43.4 Å². The molecule has 4 rings (SSSR count). The van der Waals surface area contributed by atoms with E-state index in [4.69, 9.17) is 20.1 Å². The zero-order valence-corrected chi connectivity index (χ0v) is 24.0. The summed E-state index contributed by atoms with van der Waals surface area (Å²) >= 11 is 0. The minimum absolute atomic E-state index is 0.00245. The number of aliphatic imine (C=N–C) groups is 1. The monoisotopic (exact) mass is 647 g/mol. The molecule has 3 aromatic carbocycles. The third-order valence-corrected chi connectivity index (χ3v) is 6.96. The number of ether oxygens (including phenoxy) is 2. The Balaban J connectivity index is 1.75. The average Bonchev–Trinajstić information content (AvgIpc) is 3.40. The van der Waals surface area contributed by atoms with Gasteiger partial charge in [0.25, 0.3) is 5.91 Å². The number of nitrogens with one attached hydrogen (secondary N) is 1. The Morgan fingerprint density at radius 3 is 2.33 bits per heavy atom. The van der Waals surface area contributed by atoms with Crippen LogP contribution in [0, 0.1) is 0 Å². The van der Waals surface area contributed by atoms with Crippen LogP contribution >= 0.6 is 0 Å². The molecule has 1 aliphatic rings. The Kier molecular flexibility index (Phi) is 10.3. The van der Waals surface area contributed by atoms with E-state index in [1.54, 1.807) is 42.5 Å². The number of azide groups is 1. The van der Waals surface area contributed by atoms with Crippen molar-refractivity contribution in [1.29, 1.82) is 0 Å². The second-order valence-electron chi connectivity index (χ2n) is 10.1. The molecule has 9 nitrogen and oxygen atoms in total. The van der Waals surface area contributed by atoms with Gasteiger partial charge in [-0.05, 0) is 53.6 Å². The van der Waals surface area contributed by atoms with Crippen molar-refractivity contribution in [2.24, 2.45) is 10.1 Å². The summed E-state index contributed by atoms with van der Waals surface area (Å²) in [7, 11) is 0. The molecule has 46 heavy (non-hydrogen) atoms. The number of benzene rings is 3. The first-order valence-corrected chi connectivity index (χ1v) is 13.7. The molecular weight excluding hydrogens is 620 g/mol. The van der Waals surface area contributed by atoms with E-state index in [1.807, 2.05) is 0 Å². The SMILES string of the molecule is C=CC[C@@]1(C(=O)NCc2cc(C(F)(F)F)cc(C(F)(F)F)c2)N=C(c2ccc(OCCCO)cc2)O[C@@H]1c1ccccc1N=[N+]=[N-]. The molecule has 1 heterocycles. The van der Waals surface area contributed by atoms with E-state index in [2.05, 4.69) is 26.9 Å². The van der Waals surface area contributed by atoms with Crippen molar-refractivity contribution in [2.75, 3.05) is 13.2 Å². The van der Waals surface area contributed by atoms with Crippen molar-refractivity contribution < 1.29 is 45.7 Å². The first-order chi connectivity index (χ1) is 21.8. The number of rotatable bonds is 12. The van der Waals surface area contributed by atoms with Gasteiger partial charge in [-0.1, -0.05) is 35.5 Å². The highest BCUT2D eigenvalue weighted by Crippen LogP contribution is 2.46. The Morgan fingerprint density at radius 1 is 1.09 bits per heavy atom. The number of aliphatic hydroxyl groups is 1. The molecule has 1 amide bonds. The first-order valence-electron chi connectivity index (χ1n) is 13.7. The van der Waals surface area contributed by atoms with Gasteiger partial charge in [0.2, 0.25) is 5.90 Å². The van der Waals surface area contributed by atoms with Crippen molar-refractivity contribution in [3.8, 4) is 5.75 Å². The number of carbonyl (C=O) groups is 1. The number of amides is 1. The van der Waals surface area contributed by atoms with Crippen LogP contribution in [-0.2, 0) is 28.4 Å². The molecule has 0 aliphatic carbocycles. The zero-order valence-electron chi connectivity index (χ0n) is 24.0. The Morgan fingerprint density at radius 2 is 1.74 bits per heavy atom. The summed E-state index contributed by atoms with van der Waals surface area (Å²) in [5.41, 5.74) is 4.53.